The Kier molecular flexibility index (Phi) is 5.32. The molecule has 0 N–H and O–H groups in total. The summed E-state index contributed by atoms with van der Waals surface area (Å²) in [4.78, 5) is 40.1. The smallest absolute Gasteiger partial charge is 0.332 e. The standard InChI is InChI=1S/C24H24N2O7/c1-30-20-10-16-17(11-21(20)31-2)25(24(29)26(23(16)28)15-5-3-4-6-15)12-18(27)14-7-8-19-22(9-14)33-13-32-19/h7-11,15H,3-6,12-13H2,1-2H3. The zero-order valence-corrected chi connectivity index (χ0v) is 18.5. The maximum Gasteiger partial charge on any atom is 0.332 e. The SMILES string of the molecule is COc1cc2c(=O)n(C3CCCC3)c(=O)n(CC(=O)c3ccc4c(c3)OCO4)c2cc1OC. The molecule has 1 saturated carbocycles. The van der Waals surface area contributed by atoms with Crippen LogP contribution in [0, 0.1) is 0 Å². The number of methoxy groups -OCH3 is 2. The topological polar surface area (TPSA) is 98.0 Å². The summed E-state index contributed by atoms with van der Waals surface area (Å²) in [5, 5.41) is 0.303. The quantitative estimate of drug-likeness (QED) is 0.531. The van der Waals surface area contributed by atoms with Crippen molar-refractivity contribution in [2.24, 2.45) is 0 Å². The van der Waals surface area contributed by atoms with Gasteiger partial charge in [-0.15, -0.1) is 0 Å². The van der Waals surface area contributed by atoms with Gasteiger partial charge < -0.3 is 18.9 Å². The minimum Gasteiger partial charge on any atom is -0.493 e. The Morgan fingerprint density at radius 2 is 1.70 bits per heavy atom. The number of carbonyl (C=O) groups is 1. The fourth-order valence-electron chi connectivity index (χ4n) is 4.65. The first kappa shape index (κ1) is 21.1. The highest BCUT2D eigenvalue weighted by Gasteiger charge is 2.26. The third kappa shape index (κ3) is 3.53. The highest BCUT2D eigenvalue weighted by atomic mass is 16.7. The van der Waals surface area contributed by atoms with Crippen LogP contribution in [0.4, 0.5) is 0 Å². The lowest BCUT2D eigenvalue weighted by molar-refractivity contribution is 0.0970. The van der Waals surface area contributed by atoms with Gasteiger partial charge >= 0.3 is 5.69 Å². The van der Waals surface area contributed by atoms with Gasteiger partial charge in [-0.3, -0.25) is 18.7 Å². The molecule has 0 saturated heterocycles. The predicted molar refractivity (Wildman–Crippen MR) is 120 cm³/mol. The monoisotopic (exact) mass is 452 g/mol. The van der Waals surface area contributed by atoms with Gasteiger partial charge in [0.05, 0.1) is 31.7 Å². The maximum atomic E-state index is 13.6. The normalized spacial score (nSPS) is 15.2. The Labute approximate surface area is 189 Å². The van der Waals surface area contributed by atoms with E-state index in [1.54, 1.807) is 30.3 Å². The van der Waals surface area contributed by atoms with E-state index in [2.05, 4.69) is 0 Å². The molecule has 2 aromatic carbocycles. The van der Waals surface area contributed by atoms with Crippen LogP contribution in [-0.2, 0) is 6.54 Å². The largest absolute Gasteiger partial charge is 0.493 e. The Hall–Kier alpha value is -3.75. The van der Waals surface area contributed by atoms with Gasteiger partial charge in [0.1, 0.15) is 0 Å². The molecule has 1 aliphatic heterocycles. The Morgan fingerprint density at radius 1 is 1.00 bits per heavy atom. The van der Waals surface area contributed by atoms with Crippen LogP contribution in [0.2, 0.25) is 0 Å². The van der Waals surface area contributed by atoms with E-state index < -0.39 is 5.69 Å². The molecule has 33 heavy (non-hydrogen) atoms. The summed E-state index contributed by atoms with van der Waals surface area (Å²) >= 11 is 0. The molecule has 1 aliphatic carbocycles. The van der Waals surface area contributed by atoms with Crippen LogP contribution < -0.4 is 30.2 Å². The van der Waals surface area contributed by atoms with Crippen LogP contribution in [0.3, 0.4) is 0 Å². The van der Waals surface area contributed by atoms with Crippen molar-refractivity contribution in [1.82, 2.24) is 9.13 Å². The number of Topliss-reactive ketones (excluding diaryl/α,β-unsaturated/α-hetero) is 1. The van der Waals surface area contributed by atoms with Crippen LogP contribution in [0.1, 0.15) is 42.1 Å². The van der Waals surface area contributed by atoms with Crippen molar-refractivity contribution in [2.75, 3.05) is 21.0 Å². The van der Waals surface area contributed by atoms with Crippen molar-refractivity contribution >= 4 is 16.7 Å². The molecule has 9 nitrogen and oxygen atoms in total. The van der Waals surface area contributed by atoms with E-state index in [1.807, 2.05) is 0 Å². The van der Waals surface area contributed by atoms with Gasteiger partial charge in [0.2, 0.25) is 6.79 Å². The van der Waals surface area contributed by atoms with E-state index in [4.69, 9.17) is 18.9 Å². The molecule has 5 rings (SSSR count). The minimum atomic E-state index is -0.499. The zero-order valence-electron chi connectivity index (χ0n) is 18.5. The first-order chi connectivity index (χ1) is 16.0. The molecule has 0 atom stereocenters. The number of aromatic nitrogens is 2. The first-order valence-electron chi connectivity index (χ1n) is 10.9. The fraction of sp³-hybridized carbons (Fsp3) is 0.375. The van der Waals surface area contributed by atoms with Crippen molar-refractivity contribution in [1.29, 1.82) is 0 Å². The molecule has 2 heterocycles. The molecule has 0 amide bonds. The van der Waals surface area contributed by atoms with Crippen LogP contribution in [0.15, 0.2) is 39.9 Å². The van der Waals surface area contributed by atoms with Gasteiger partial charge in [-0.1, -0.05) is 12.8 Å². The van der Waals surface area contributed by atoms with Gasteiger partial charge in [0.15, 0.2) is 28.8 Å². The molecule has 3 aromatic rings. The summed E-state index contributed by atoms with van der Waals surface area (Å²) in [5.74, 6) is 1.52. The number of carbonyl (C=O) groups excluding carboxylic acids is 1. The van der Waals surface area contributed by atoms with Gasteiger partial charge in [0, 0.05) is 17.7 Å². The minimum absolute atomic E-state index is 0.102. The fourth-order valence-corrected chi connectivity index (χ4v) is 4.65. The number of hydrogen-bond donors (Lipinski definition) is 0. The summed E-state index contributed by atoms with van der Waals surface area (Å²) in [5.41, 5.74) is -0.167. The molecule has 0 radical (unpaired) electrons. The lowest BCUT2D eigenvalue weighted by Crippen LogP contribution is -2.42. The molecule has 0 spiro atoms. The van der Waals surface area contributed by atoms with E-state index in [0.29, 0.717) is 39.5 Å². The summed E-state index contributed by atoms with van der Waals surface area (Å²) in [7, 11) is 2.96. The second kappa shape index (κ2) is 8.31. The highest BCUT2D eigenvalue weighted by Crippen LogP contribution is 2.34. The van der Waals surface area contributed by atoms with Gasteiger partial charge in [-0.25, -0.2) is 4.79 Å². The molecular weight excluding hydrogens is 428 g/mol. The van der Waals surface area contributed by atoms with E-state index in [1.165, 1.54) is 23.4 Å². The second-order valence-corrected chi connectivity index (χ2v) is 8.20. The molecule has 0 unspecified atom stereocenters. The number of ether oxygens (including phenoxy) is 4. The summed E-state index contributed by atoms with van der Waals surface area (Å²) < 4.78 is 24.1. The molecule has 2 aliphatic rings. The number of rotatable bonds is 6. The third-order valence-corrected chi connectivity index (χ3v) is 6.36. The van der Waals surface area contributed by atoms with Crippen LogP contribution in [0.25, 0.3) is 10.9 Å². The highest BCUT2D eigenvalue weighted by molar-refractivity contribution is 5.97. The average Bonchev–Trinajstić information content (AvgIpc) is 3.52. The van der Waals surface area contributed by atoms with Crippen molar-refractivity contribution in [2.45, 2.75) is 38.3 Å². The van der Waals surface area contributed by atoms with Crippen molar-refractivity contribution in [3.8, 4) is 23.0 Å². The van der Waals surface area contributed by atoms with E-state index in [9.17, 15) is 14.4 Å². The lowest BCUT2D eigenvalue weighted by Gasteiger charge is -2.19. The number of nitrogens with zero attached hydrogens (tertiary/aromatic N) is 2. The van der Waals surface area contributed by atoms with Crippen molar-refractivity contribution < 1.29 is 23.7 Å². The van der Waals surface area contributed by atoms with Gasteiger partial charge in [-0.05, 0) is 37.1 Å². The van der Waals surface area contributed by atoms with Gasteiger partial charge in [0.25, 0.3) is 5.56 Å². The summed E-state index contributed by atoms with van der Waals surface area (Å²) in [6, 6.07) is 7.87. The molecule has 9 heteroatoms. The first-order valence-corrected chi connectivity index (χ1v) is 10.9. The third-order valence-electron chi connectivity index (χ3n) is 6.36. The molecule has 0 bridgehead atoms. The van der Waals surface area contributed by atoms with E-state index in [0.717, 1.165) is 25.7 Å². The molecular formula is C24H24N2O7. The van der Waals surface area contributed by atoms with E-state index >= 15 is 0 Å². The molecule has 1 aromatic heterocycles. The molecule has 172 valence electrons. The molecule has 1 fully saturated rings. The van der Waals surface area contributed by atoms with Crippen LogP contribution >= 0.6 is 0 Å². The number of benzene rings is 2. The van der Waals surface area contributed by atoms with Crippen LogP contribution in [-0.4, -0.2) is 35.9 Å². The predicted octanol–water partition coefficient (Wildman–Crippen LogP) is 2.91. The average molecular weight is 452 g/mol. The Balaban J connectivity index is 1.68. The van der Waals surface area contributed by atoms with E-state index in [-0.39, 0.29) is 30.7 Å². The Morgan fingerprint density at radius 3 is 2.42 bits per heavy atom. The number of fused-ring (bicyclic) bond motifs is 2. The second-order valence-electron chi connectivity index (χ2n) is 8.20. The lowest BCUT2D eigenvalue weighted by atomic mass is 10.1. The number of ketones is 1. The summed E-state index contributed by atoms with van der Waals surface area (Å²) in [6.07, 6.45) is 3.42. The van der Waals surface area contributed by atoms with Crippen molar-refractivity contribution in [3.05, 3.63) is 56.7 Å². The van der Waals surface area contributed by atoms with Gasteiger partial charge in [-0.2, -0.15) is 0 Å². The Bertz CT molecular complexity index is 1370. The van der Waals surface area contributed by atoms with Crippen molar-refractivity contribution in [3.63, 3.8) is 0 Å². The zero-order chi connectivity index (χ0) is 23.1. The van der Waals surface area contributed by atoms with Crippen LogP contribution in [0.5, 0.6) is 23.0 Å². The maximum absolute atomic E-state index is 13.6. The summed E-state index contributed by atoms with van der Waals surface area (Å²) in [6.45, 7) is -0.136. The number of hydrogen-bond acceptors (Lipinski definition) is 7.